The number of fused-ring (bicyclic) bond motifs is 1. The molecule has 0 saturated carbocycles. The highest BCUT2D eigenvalue weighted by molar-refractivity contribution is 7.16. The Labute approximate surface area is 150 Å². The van der Waals surface area contributed by atoms with E-state index < -0.39 is 5.92 Å². The van der Waals surface area contributed by atoms with E-state index in [-0.39, 0.29) is 29.6 Å². The highest BCUT2D eigenvalue weighted by Gasteiger charge is 2.46. The summed E-state index contributed by atoms with van der Waals surface area (Å²) in [4.78, 5) is 33.6. The number of hydrogen-bond acceptors (Lipinski definition) is 6. The van der Waals surface area contributed by atoms with Crippen molar-refractivity contribution >= 4 is 39.8 Å². The van der Waals surface area contributed by atoms with Gasteiger partial charge in [0.1, 0.15) is 5.15 Å². The Morgan fingerprint density at radius 1 is 1.33 bits per heavy atom. The average molecular weight is 367 g/mol. The van der Waals surface area contributed by atoms with Crippen LogP contribution in [0.2, 0.25) is 5.15 Å². The smallest absolute Gasteiger partial charge is 0.234 e. The average Bonchev–Trinajstić information content (AvgIpc) is 2.92. The van der Waals surface area contributed by atoms with Crippen molar-refractivity contribution in [1.82, 2.24) is 9.88 Å². The molecule has 8 heteroatoms. The number of halogens is 1. The third-order valence-corrected chi connectivity index (χ3v) is 6.44. The molecule has 1 aromatic rings. The van der Waals surface area contributed by atoms with Crippen LogP contribution in [0.15, 0.2) is 0 Å². The fourth-order valence-electron chi connectivity index (χ4n) is 3.26. The molecule has 0 radical (unpaired) electrons. The predicted molar refractivity (Wildman–Crippen MR) is 92.0 cm³/mol. The molecule has 1 aromatic heterocycles. The van der Waals surface area contributed by atoms with Gasteiger partial charge < -0.3 is 4.90 Å². The molecule has 0 aromatic carbocycles. The lowest BCUT2D eigenvalue weighted by Gasteiger charge is -2.40. The van der Waals surface area contributed by atoms with Gasteiger partial charge in [-0.05, 0) is 11.8 Å². The van der Waals surface area contributed by atoms with E-state index in [0.717, 1.165) is 4.88 Å². The van der Waals surface area contributed by atoms with Gasteiger partial charge in [-0.25, -0.2) is 4.98 Å². The number of piperidine rings is 2. The standard InChI is InChI=1S/C16H19ClN4O2S/c1-16(2,3)12-13(17)19-15(24-12)21-7-11(22)9-4-5-20(8-18)6-10(9)14(21)23/h9-10H,4-7H2,1-3H3/t9?,10-/m0/s1. The molecule has 0 spiro atoms. The summed E-state index contributed by atoms with van der Waals surface area (Å²) in [6.07, 6.45) is 2.64. The Bertz CT molecular complexity index is 733. The van der Waals surface area contributed by atoms with Crippen LogP contribution < -0.4 is 4.90 Å². The maximum absolute atomic E-state index is 12.9. The quantitative estimate of drug-likeness (QED) is 0.713. The van der Waals surface area contributed by atoms with E-state index >= 15 is 0 Å². The molecule has 2 aliphatic rings. The molecule has 1 amide bonds. The minimum absolute atomic E-state index is 0.0416. The first-order valence-corrected chi connectivity index (χ1v) is 9.07. The number of carbonyl (C=O) groups is 2. The third kappa shape index (κ3) is 2.89. The van der Waals surface area contributed by atoms with E-state index in [1.54, 1.807) is 4.90 Å². The number of aromatic nitrogens is 1. The van der Waals surface area contributed by atoms with E-state index in [4.69, 9.17) is 16.9 Å². The molecule has 128 valence electrons. The number of amides is 1. The lowest BCUT2D eigenvalue weighted by atomic mass is 9.79. The molecule has 2 aliphatic heterocycles. The lowest BCUT2D eigenvalue weighted by molar-refractivity contribution is -0.138. The van der Waals surface area contributed by atoms with Gasteiger partial charge in [0.05, 0.1) is 17.3 Å². The second-order valence-electron chi connectivity index (χ2n) is 7.30. The van der Waals surface area contributed by atoms with Crippen LogP contribution in [0.25, 0.3) is 0 Å². The second-order valence-corrected chi connectivity index (χ2v) is 8.64. The SMILES string of the molecule is CC(C)(C)c1sc(N2CC(=O)C3CCN(C#N)C[C@@H]3C2=O)nc1Cl. The van der Waals surface area contributed by atoms with Crippen LogP contribution in [-0.2, 0) is 15.0 Å². The van der Waals surface area contributed by atoms with Gasteiger partial charge in [-0.2, -0.15) is 5.26 Å². The molecule has 0 aliphatic carbocycles. The van der Waals surface area contributed by atoms with E-state index in [1.807, 2.05) is 20.8 Å². The van der Waals surface area contributed by atoms with Gasteiger partial charge in [0.25, 0.3) is 0 Å². The van der Waals surface area contributed by atoms with Crippen molar-refractivity contribution in [2.75, 3.05) is 24.5 Å². The van der Waals surface area contributed by atoms with E-state index in [9.17, 15) is 9.59 Å². The molecule has 1 unspecified atom stereocenters. The summed E-state index contributed by atoms with van der Waals surface area (Å²) in [6.45, 7) is 6.96. The molecule has 6 nitrogen and oxygen atoms in total. The number of nitriles is 1. The van der Waals surface area contributed by atoms with Gasteiger partial charge in [0.2, 0.25) is 5.91 Å². The van der Waals surface area contributed by atoms with Crippen molar-refractivity contribution in [2.45, 2.75) is 32.6 Å². The molecule has 24 heavy (non-hydrogen) atoms. The predicted octanol–water partition coefficient (Wildman–Crippen LogP) is 2.43. The van der Waals surface area contributed by atoms with Gasteiger partial charge in [0.15, 0.2) is 17.1 Å². The zero-order valence-electron chi connectivity index (χ0n) is 13.9. The zero-order valence-corrected chi connectivity index (χ0v) is 15.4. The Morgan fingerprint density at radius 2 is 2.04 bits per heavy atom. The molecule has 3 heterocycles. The summed E-state index contributed by atoms with van der Waals surface area (Å²) in [5, 5.41) is 9.93. The van der Waals surface area contributed by atoms with E-state index in [1.165, 1.54) is 16.2 Å². The normalized spacial score (nSPS) is 24.8. The number of thiazole rings is 1. The van der Waals surface area contributed by atoms with Gasteiger partial charge in [0, 0.05) is 19.0 Å². The Balaban J connectivity index is 1.91. The number of Topliss-reactive ketones (excluding diaryl/α,β-unsaturated/α-hetero) is 1. The summed E-state index contributed by atoms with van der Waals surface area (Å²) in [5.74, 6) is -0.845. The number of ketones is 1. The first-order valence-electron chi connectivity index (χ1n) is 7.88. The van der Waals surface area contributed by atoms with Gasteiger partial charge in [-0.3, -0.25) is 14.5 Å². The summed E-state index contributed by atoms with van der Waals surface area (Å²) >= 11 is 7.60. The maximum atomic E-state index is 12.9. The molecule has 2 atom stereocenters. The molecular weight excluding hydrogens is 348 g/mol. The van der Waals surface area contributed by atoms with Crippen molar-refractivity contribution < 1.29 is 9.59 Å². The van der Waals surface area contributed by atoms with E-state index in [0.29, 0.717) is 29.8 Å². The molecule has 3 rings (SSSR count). The topological polar surface area (TPSA) is 77.3 Å². The van der Waals surface area contributed by atoms with Crippen LogP contribution >= 0.6 is 22.9 Å². The molecular formula is C16H19ClN4O2S. The largest absolute Gasteiger partial charge is 0.310 e. The maximum Gasteiger partial charge on any atom is 0.234 e. The molecule has 0 N–H and O–H groups in total. The van der Waals surface area contributed by atoms with Crippen LogP contribution in [0.1, 0.15) is 32.1 Å². The molecule has 0 bridgehead atoms. The second kappa shape index (κ2) is 6.01. The van der Waals surface area contributed by atoms with Crippen LogP contribution in [0.3, 0.4) is 0 Å². The third-order valence-electron chi connectivity index (χ3n) is 4.55. The Hall–Kier alpha value is -1.65. The van der Waals surface area contributed by atoms with Crippen molar-refractivity contribution in [3.05, 3.63) is 10.0 Å². The number of nitrogens with zero attached hydrogens (tertiary/aromatic N) is 4. The van der Waals surface area contributed by atoms with Crippen LogP contribution in [0.4, 0.5) is 5.13 Å². The van der Waals surface area contributed by atoms with Crippen molar-refractivity contribution in [2.24, 2.45) is 11.8 Å². The van der Waals surface area contributed by atoms with Gasteiger partial charge in [-0.1, -0.05) is 43.7 Å². The summed E-state index contributed by atoms with van der Waals surface area (Å²) in [6, 6.07) is 0. The summed E-state index contributed by atoms with van der Waals surface area (Å²) in [5.41, 5.74) is -0.180. The highest BCUT2D eigenvalue weighted by Crippen LogP contribution is 2.40. The minimum atomic E-state index is -0.472. The van der Waals surface area contributed by atoms with Crippen LogP contribution in [-0.4, -0.2) is 41.2 Å². The zero-order chi connectivity index (χ0) is 17.6. The minimum Gasteiger partial charge on any atom is -0.310 e. The number of carbonyl (C=O) groups excluding carboxylic acids is 2. The number of anilines is 1. The first-order chi connectivity index (χ1) is 11.2. The number of likely N-dealkylation sites (tertiary alicyclic amines) is 1. The number of hydrogen-bond donors (Lipinski definition) is 0. The molecule has 2 saturated heterocycles. The summed E-state index contributed by atoms with van der Waals surface area (Å²) in [7, 11) is 0. The highest BCUT2D eigenvalue weighted by atomic mass is 35.5. The fourth-order valence-corrected chi connectivity index (χ4v) is 4.81. The number of rotatable bonds is 1. The fraction of sp³-hybridized carbons (Fsp3) is 0.625. The summed E-state index contributed by atoms with van der Waals surface area (Å²) < 4.78 is 0. The van der Waals surface area contributed by atoms with E-state index in [2.05, 4.69) is 11.2 Å². The Kier molecular flexibility index (Phi) is 4.30. The van der Waals surface area contributed by atoms with Gasteiger partial charge in [-0.15, -0.1) is 0 Å². The lowest BCUT2D eigenvalue weighted by Crippen LogP contribution is -2.56. The van der Waals surface area contributed by atoms with Crippen molar-refractivity contribution in [1.29, 1.82) is 5.26 Å². The van der Waals surface area contributed by atoms with Crippen LogP contribution in [0, 0.1) is 23.3 Å². The molecule has 2 fully saturated rings. The monoisotopic (exact) mass is 366 g/mol. The van der Waals surface area contributed by atoms with Crippen LogP contribution in [0.5, 0.6) is 0 Å². The Morgan fingerprint density at radius 3 is 2.62 bits per heavy atom. The van der Waals surface area contributed by atoms with Gasteiger partial charge >= 0.3 is 0 Å². The van der Waals surface area contributed by atoms with Crippen molar-refractivity contribution in [3.8, 4) is 6.19 Å². The van der Waals surface area contributed by atoms with Crippen molar-refractivity contribution in [3.63, 3.8) is 0 Å². The first kappa shape index (κ1) is 17.2.